The number of hydrogen-bond acceptors (Lipinski definition) is 4. The second kappa shape index (κ2) is 5.24. The zero-order valence-corrected chi connectivity index (χ0v) is 12.1. The van der Waals surface area contributed by atoms with E-state index >= 15 is 0 Å². The molecule has 96 valence electrons. The number of aromatic nitrogens is 3. The highest BCUT2D eigenvalue weighted by Crippen LogP contribution is 2.32. The van der Waals surface area contributed by atoms with Crippen molar-refractivity contribution in [2.75, 3.05) is 0 Å². The lowest BCUT2D eigenvalue weighted by atomic mass is 10.0. The molecule has 2 heterocycles. The van der Waals surface area contributed by atoms with E-state index in [1.807, 2.05) is 35.7 Å². The lowest BCUT2D eigenvalue weighted by Gasteiger charge is -2.08. The van der Waals surface area contributed by atoms with Crippen molar-refractivity contribution >= 4 is 27.3 Å². The van der Waals surface area contributed by atoms with Crippen molar-refractivity contribution in [1.29, 1.82) is 0 Å². The van der Waals surface area contributed by atoms with Crippen molar-refractivity contribution in [1.82, 2.24) is 15.2 Å². The van der Waals surface area contributed by atoms with Crippen LogP contribution in [-0.4, -0.2) is 20.3 Å². The molecule has 0 aliphatic heterocycles. The molecule has 0 spiro atoms. The number of rotatable bonds is 3. The second-order valence-corrected chi connectivity index (χ2v) is 5.68. The van der Waals surface area contributed by atoms with Gasteiger partial charge in [-0.2, -0.15) is 5.10 Å². The Morgan fingerprint density at radius 3 is 2.74 bits per heavy atom. The van der Waals surface area contributed by atoms with E-state index in [1.54, 1.807) is 6.20 Å². The molecule has 0 saturated heterocycles. The van der Waals surface area contributed by atoms with Gasteiger partial charge >= 0.3 is 0 Å². The molecule has 1 atom stereocenters. The third kappa shape index (κ3) is 2.47. The van der Waals surface area contributed by atoms with Gasteiger partial charge in [-0.1, -0.05) is 30.3 Å². The fourth-order valence-electron chi connectivity index (χ4n) is 1.86. The average molecular weight is 336 g/mol. The summed E-state index contributed by atoms with van der Waals surface area (Å²) in [5.74, 6) is 0. The number of thiazole rings is 1. The van der Waals surface area contributed by atoms with Crippen LogP contribution in [-0.2, 0) is 0 Å². The number of benzene rings is 1. The van der Waals surface area contributed by atoms with E-state index in [1.165, 1.54) is 11.3 Å². The molecule has 2 aromatic heterocycles. The van der Waals surface area contributed by atoms with E-state index in [-0.39, 0.29) is 0 Å². The minimum atomic E-state index is -0.773. The number of nitrogens with one attached hydrogen (secondary N) is 1. The largest absolute Gasteiger partial charge is 0.381 e. The first-order valence-electron chi connectivity index (χ1n) is 5.63. The highest BCUT2D eigenvalue weighted by atomic mass is 79.9. The second-order valence-electron chi connectivity index (χ2n) is 3.98. The number of H-pyrrole nitrogens is 1. The Bertz CT molecular complexity index is 680. The van der Waals surface area contributed by atoms with Crippen LogP contribution in [0.3, 0.4) is 0 Å². The zero-order chi connectivity index (χ0) is 13.2. The summed E-state index contributed by atoms with van der Waals surface area (Å²) in [6.07, 6.45) is 0.868. The first-order valence-corrected chi connectivity index (χ1v) is 7.30. The SMILES string of the molecule is OC(c1nc(Br)cs1)c1cn[nH]c1-c1ccccc1. The first kappa shape index (κ1) is 12.5. The van der Waals surface area contributed by atoms with Gasteiger partial charge in [-0.3, -0.25) is 5.10 Å². The Kier molecular flexibility index (Phi) is 3.46. The Labute approximate surface area is 122 Å². The van der Waals surface area contributed by atoms with Gasteiger partial charge in [-0.15, -0.1) is 11.3 Å². The van der Waals surface area contributed by atoms with Crippen LogP contribution >= 0.6 is 27.3 Å². The monoisotopic (exact) mass is 335 g/mol. The van der Waals surface area contributed by atoms with Crippen LogP contribution in [0.2, 0.25) is 0 Å². The van der Waals surface area contributed by atoms with Gasteiger partial charge in [0.15, 0.2) is 0 Å². The molecule has 0 aliphatic carbocycles. The van der Waals surface area contributed by atoms with Crippen LogP contribution < -0.4 is 0 Å². The molecule has 19 heavy (non-hydrogen) atoms. The number of aromatic amines is 1. The third-order valence-corrected chi connectivity index (χ3v) is 4.36. The van der Waals surface area contributed by atoms with Crippen LogP contribution in [0.15, 0.2) is 46.5 Å². The van der Waals surface area contributed by atoms with Gasteiger partial charge in [0, 0.05) is 10.9 Å². The van der Waals surface area contributed by atoms with Crippen molar-refractivity contribution in [3.05, 3.63) is 57.1 Å². The predicted octanol–water partition coefficient (Wildman–Crippen LogP) is 3.38. The van der Waals surface area contributed by atoms with Gasteiger partial charge in [-0.05, 0) is 21.5 Å². The molecule has 2 N–H and O–H groups in total. The van der Waals surface area contributed by atoms with Gasteiger partial charge in [0.05, 0.1) is 11.9 Å². The van der Waals surface area contributed by atoms with Crippen LogP contribution in [0.4, 0.5) is 0 Å². The van der Waals surface area contributed by atoms with E-state index in [9.17, 15) is 5.11 Å². The van der Waals surface area contributed by atoms with E-state index in [0.29, 0.717) is 5.01 Å². The summed E-state index contributed by atoms with van der Waals surface area (Å²) in [4.78, 5) is 4.24. The smallest absolute Gasteiger partial charge is 0.134 e. The van der Waals surface area contributed by atoms with Crippen molar-refractivity contribution < 1.29 is 5.11 Å². The maximum absolute atomic E-state index is 10.4. The van der Waals surface area contributed by atoms with E-state index in [2.05, 4.69) is 31.1 Å². The van der Waals surface area contributed by atoms with Gasteiger partial charge in [0.1, 0.15) is 15.7 Å². The lowest BCUT2D eigenvalue weighted by molar-refractivity contribution is 0.220. The van der Waals surface area contributed by atoms with Gasteiger partial charge in [0.2, 0.25) is 0 Å². The molecular formula is C13H10BrN3OS. The summed E-state index contributed by atoms with van der Waals surface area (Å²) >= 11 is 4.70. The van der Waals surface area contributed by atoms with Crippen LogP contribution in [0.5, 0.6) is 0 Å². The molecule has 1 aromatic carbocycles. The summed E-state index contributed by atoms with van der Waals surface area (Å²) in [5, 5.41) is 19.9. The van der Waals surface area contributed by atoms with Gasteiger partial charge < -0.3 is 5.11 Å². The van der Waals surface area contributed by atoms with Crippen molar-refractivity contribution in [3.8, 4) is 11.3 Å². The molecule has 4 nitrogen and oxygen atoms in total. The fraction of sp³-hybridized carbons (Fsp3) is 0.0769. The summed E-state index contributed by atoms with van der Waals surface area (Å²) in [5.41, 5.74) is 2.54. The molecule has 3 rings (SSSR count). The van der Waals surface area contributed by atoms with Crippen molar-refractivity contribution in [2.45, 2.75) is 6.10 Å². The molecule has 1 unspecified atom stereocenters. The molecule has 0 amide bonds. The first-order chi connectivity index (χ1) is 9.25. The van der Waals surface area contributed by atoms with E-state index in [0.717, 1.165) is 21.4 Å². The molecule has 6 heteroatoms. The number of halogens is 1. The Morgan fingerprint density at radius 1 is 1.26 bits per heavy atom. The predicted molar refractivity (Wildman–Crippen MR) is 77.9 cm³/mol. The Hall–Kier alpha value is -1.50. The topological polar surface area (TPSA) is 61.8 Å². The summed E-state index contributed by atoms with van der Waals surface area (Å²) in [6, 6.07) is 9.80. The fourth-order valence-corrected chi connectivity index (χ4v) is 3.13. The molecule has 0 saturated carbocycles. The molecule has 3 aromatic rings. The molecule has 0 aliphatic rings. The number of nitrogens with zero attached hydrogens (tertiary/aromatic N) is 2. The van der Waals surface area contributed by atoms with Gasteiger partial charge in [-0.25, -0.2) is 4.98 Å². The highest BCUT2D eigenvalue weighted by Gasteiger charge is 2.20. The quantitative estimate of drug-likeness (QED) is 0.771. The minimum absolute atomic E-state index is 0.644. The molecular weight excluding hydrogens is 326 g/mol. The van der Waals surface area contributed by atoms with E-state index in [4.69, 9.17) is 0 Å². The molecule has 0 radical (unpaired) electrons. The van der Waals surface area contributed by atoms with Crippen LogP contribution in [0.1, 0.15) is 16.7 Å². The highest BCUT2D eigenvalue weighted by molar-refractivity contribution is 9.10. The van der Waals surface area contributed by atoms with Crippen molar-refractivity contribution in [3.63, 3.8) is 0 Å². The van der Waals surface area contributed by atoms with Crippen LogP contribution in [0.25, 0.3) is 11.3 Å². The normalized spacial score (nSPS) is 12.5. The maximum Gasteiger partial charge on any atom is 0.134 e. The summed E-state index contributed by atoms with van der Waals surface area (Å²) in [7, 11) is 0. The van der Waals surface area contributed by atoms with Gasteiger partial charge in [0.25, 0.3) is 0 Å². The van der Waals surface area contributed by atoms with E-state index < -0.39 is 6.10 Å². The Balaban J connectivity index is 2.01. The summed E-state index contributed by atoms with van der Waals surface area (Å²) < 4.78 is 0.733. The van der Waals surface area contributed by atoms with Crippen molar-refractivity contribution in [2.24, 2.45) is 0 Å². The Morgan fingerprint density at radius 2 is 2.05 bits per heavy atom. The summed E-state index contributed by atoms with van der Waals surface area (Å²) in [6.45, 7) is 0. The number of aliphatic hydroxyl groups is 1. The molecule has 0 bridgehead atoms. The number of aliphatic hydroxyl groups excluding tert-OH is 1. The molecule has 0 fully saturated rings. The minimum Gasteiger partial charge on any atom is -0.381 e. The lowest BCUT2D eigenvalue weighted by Crippen LogP contribution is -1.99. The van der Waals surface area contributed by atoms with Crippen LogP contribution in [0, 0.1) is 0 Å². The number of hydrogen-bond donors (Lipinski definition) is 2. The standard InChI is InChI=1S/C13H10BrN3OS/c14-10-7-19-13(16-10)12(18)9-6-15-17-11(9)8-4-2-1-3-5-8/h1-7,12,18H,(H,15,17). The zero-order valence-electron chi connectivity index (χ0n) is 9.75. The maximum atomic E-state index is 10.4. The third-order valence-electron chi connectivity index (χ3n) is 2.75. The average Bonchev–Trinajstić information content (AvgIpc) is 3.07.